The van der Waals surface area contributed by atoms with E-state index in [1.807, 2.05) is 31.2 Å². The first-order valence-electron chi connectivity index (χ1n) is 5.66. The van der Waals surface area contributed by atoms with Gasteiger partial charge >= 0.3 is 0 Å². The molecule has 0 bridgehead atoms. The van der Waals surface area contributed by atoms with Crippen LogP contribution in [0.3, 0.4) is 0 Å². The Balaban J connectivity index is 2.34. The Bertz CT molecular complexity index is 497. The fourth-order valence-corrected chi connectivity index (χ4v) is 2.06. The second-order valence-corrected chi connectivity index (χ2v) is 4.39. The van der Waals surface area contributed by atoms with Gasteiger partial charge in [-0.05, 0) is 30.3 Å². The third-order valence-electron chi connectivity index (χ3n) is 2.88. The minimum atomic E-state index is -1.04. The average Bonchev–Trinajstić information content (AvgIpc) is 2.83. The minimum Gasteiger partial charge on any atom is -0.464 e. The zero-order chi connectivity index (χ0) is 12.3. The standard InChI is InChI=1S/C13H16ClNO2/c1-2-15-9-13(16,8-14)11-3-4-12-10(7-11)5-6-17-12/h3-7,15-16H,2,8-9H2,1H3. The van der Waals surface area contributed by atoms with Gasteiger partial charge in [-0.1, -0.05) is 13.0 Å². The fraction of sp³-hybridized carbons (Fsp3) is 0.385. The van der Waals surface area contributed by atoms with Gasteiger partial charge in [-0.3, -0.25) is 0 Å². The zero-order valence-electron chi connectivity index (χ0n) is 9.74. The SMILES string of the molecule is CCNCC(O)(CCl)c1ccc2occc2c1. The molecule has 1 aromatic carbocycles. The Morgan fingerprint density at radius 2 is 2.24 bits per heavy atom. The molecule has 3 nitrogen and oxygen atoms in total. The number of aliphatic hydroxyl groups is 1. The van der Waals surface area contributed by atoms with Crippen molar-refractivity contribution in [1.82, 2.24) is 5.32 Å². The molecule has 0 amide bonds. The molecule has 1 aromatic heterocycles. The average molecular weight is 254 g/mol. The van der Waals surface area contributed by atoms with Crippen molar-refractivity contribution in [2.24, 2.45) is 0 Å². The van der Waals surface area contributed by atoms with Crippen LogP contribution in [-0.2, 0) is 5.60 Å². The highest BCUT2D eigenvalue weighted by Gasteiger charge is 2.28. The Kier molecular flexibility index (Phi) is 3.72. The monoisotopic (exact) mass is 253 g/mol. The maximum absolute atomic E-state index is 10.5. The lowest BCUT2D eigenvalue weighted by molar-refractivity contribution is 0.0615. The normalized spacial score (nSPS) is 15.0. The van der Waals surface area contributed by atoms with Crippen molar-refractivity contribution in [3.05, 3.63) is 36.1 Å². The van der Waals surface area contributed by atoms with E-state index >= 15 is 0 Å². The van der Waals surface area contributed by atoms with Crippen molar-refractivity contribution in [1.29, 1.82) is 0 Å². The van der Waals surface area contributed by atoms with Crippen LogP contribution < -0.4 is 5.32 Å². The largest absolute Gasteiger partial charge is 0.464 e. The molecule has 2 aromatic rings. The van der Waals surface area contributed by atoms with E-state index < -0.39 is 5.60 Å². The summed E-state index contributed by atoms with van der Waals surface area (Å²) in [7, 11) is 0. The number of furan rings is 1. The van der Waals surface area contributed by atoms with Crippen LogP contribution >= 0.6 is 11.6 Å². The second kappa shape index (κ2) is 5.08. The van der Waals surface area contributed by atoms with E-state index in [0.29, 0.717) is 6.54 Å². The van der Waals surface area contributed by atoms with Crippen LogP contribution in [0.2, 0.25) is 0 Å². The van der Waals surface area contributed by atoms with Crippen molar-refractivity contribution in [2.45, 2.75) is 12.5 Å². The summed E-state index contributed by atoms with van der Waals surface area (Å²) >= 11 is 5.89. The maximum atomic E-state index is 10.5. The molecule has 0 aliphatic heterocycles. The number of rotatable bonds is 5. The van der Waals surface area contributed by atoms with Gasteiger partial charge in [-0.25, -0.2) is 0 Å². The third-order valence-corrected chi connectivity index (χ3v) is 3.32. The van der Waals surface area contributed by atoms with Crippen molar-refractivity contribution >= 4 is 22.6 Å². The molecule has 2 rings (SSSR count). The molecule has 0 spiro atoms. The third kappa shape index (κ3) is 2.46. The summed E-state index contributed by atoms with van der Waals surface area (Å²) in [6.07, 6.45) is 1.64. The second-order valence-electron chi connectivity index (χ2n) is 4.12. The van der Waals surface area contributed by atoms with Crippen molar-refractivity contribution in [3.8, 4) is 0 Å². The molecule has 2 N–H and O–H groups in total. The predicted molar refractivity (Wildman–Crippen MR) is 69.4 cm³/mol. The molecule has 92 valence electrons. The number of halogens is 1. The number of fused-ring (bicyclic) bond motifs is 1. The van der Waals surface area contributed by atoms with E-state index in [-0.39, 0.29) is 5.88 Å². The molecule has 1 heterocycles. The van der Waals surface area contributed by atoms with Crippen LogP contribution in [0.15, 0.2) is 34.9 Å². The summed E-state index contributed by atoms with van der Waals surface area (Å²) in [5.74, 6) is 0.156. The van der Waals surface area contributed by atoms with Gasteiger partial charge in [-0.15, -0.1) is 11.6 Å². The van der Waals surface area contributed by atoms with E-state index in [1.165, 1.54) is 0 Å². The molecule has 0 saturated carbocycles. The molecule has 17 heavy (non-hydrogen) atoms. The zero-order valence-corrected chi connectivity index (χ0v) is 10.5. The summed E-state index contributed by atoms with van der Waals surface area (Å²) in [5.41, 5.74) is 0.583. The topological polar surface area (TPSA) is 45.4 Å². The van der Waals surface area contributed by atoms with Gasteiger partial charge in [0.05, 0.1) is 12.1 Å². The smallest absolute Gasteiger partial charge is 0.133 e. The first-order chi connectivity index (χ1) is 8.19. The first-order valence-corrected chi connectivity index (χ1v) is 6.20. The van der Waals surface area contributed by atoms with Crippen LogP contribution in [0, 0.1) is 0 Å². The van der Waals surface area contributed by atoms with Crippen LogP contribution in [0.25, 0.3) is 11.0 Å². The molecule has 1 atom stereocenters. The fourth-order valence-electron chi connectivity index (χ4n) is 1.81. The summed E-state index contributed by atoms with van der Waals surface area (Å²) < 4.78 is 5.27. The number of alkyl halides is 1. The highest BCUT2D eigenvalue weighted by atomic mass is 35.5. The molecule has 0 fully saturated rings. The van der Waals surface area contributed by atoms with Crippen LogP contribution in [0.4, 0.5) is 0 Å². The lowest BCUT2D eigenvalue weighted by Crippen LogP contribution is -2.39. The quantitative estimate of drug-likeness (QED) is 0.805. The molecular weight excluding hydrogens is 238 g/mol. The number of hydrogen-bond acceptors (Lipinski definition) is 3. The summed E-state index contributed by atoms with van der Waals surface area (Å²) in [6, 6.07) is 7.50. The van der Waals surface area contributed by atoms with Crippen LogP contribution in [-0.4, -0.2) is 24.1 Å². The number of likely N-dealkylation sites (N-methyl/N-ethyl adjacent to an activating group) is 1. The van der Waals surface area contributed by atoms with Gasteiger partial charge in [0.1, 0.15) is 11.2 Å². The summed E-state index contributed by atoms with van der Waals surface area (Å²) in [6.45, 7) is 3.23. The number of nitrogens with one attached hydrogen (secondary N) is 1. The Labute approximate surface area is 105 Å². The van der Waals surface area contributed by atoms with Gasteiger partial charge in [-0.2, -0.15) is 0 Å². The molecule has 4 heteroatoms. The van der Waals surface area contributed by atoms with Crippen molar-refractivity contribution < 1.29 is 9.52 Å². The maximum Gasteiger partial charge on any atom is 0.133 e. The molecule has 0 aliphatic carbocycles. The van der Waals surface area contributed by atoms with Gasteiger partial charge in [0.15, 0.2) is 0 Å². The van der Waals surface area contributed by atoms with E-state index in [0.717, 1.165) is 23.1 Å². The molecule has 0 aliphatic rings. The van der Waals surface area contributed by atoms with Gasteiger partial charge in [0, 0.05) is 11.9 Å². The van der Waals surface area contributed by atoms with E-state index in [1.54, 1.807) is 6.26 Å². The Morgan fingerprint density at radius 1 is 1.41 bits per heavy atom. The van der Waals surface area contributed by atoms with Crippen LogP contribution in [0.5, 0.6) is 0 Å². The van der Waals surface area contributed by atoms with E-state index in [4.69, 9.17) is 16.0 Å². The number of hydrogen-bond donors (Lipinski definition) is 2. The van der Waals surface area contributed by atoms with Crippen LogP contribution in [0.1, 0.15) is 12.5 Å². The lowest BCUT2D eigenvalue weighted by Gasteiger charge is -2.26. The Morgan fingerprint density at radius 3 is 2.94 bits per heavy atom. The van der Waals surface area contributed by atoms with Crippen molar-refractivity contribution in [2.75, 3.05) is 19.0 Å². The molecule has 0 radical (unpaired) electrons. The van der Waals surface area contributed by atoms with E-state index in [9.17, 15) is 5.11 Å². The minimum absolute atomic E-state index is 0.156. The Hall–Kier alpha value is -1.03. The summed E-state index contributed by atoms with van der Waals surface area (Å²) in [5, 5.41) is 14.6. The summed E-state index contributed by atoms with van der Waals surface area (Å²) in [4.78, 5) is 0. The highest BCUT2D eigenvalue weighted by Crippen LogP contribution is 2.26. The first kappa shape index (κ1) is 12.4. The molecule has 1 unspecified atom stereocenters. The molecular formula is C13H16ClNO2. The van der Waals surface area contributed by atoms with E-state index in [2.05, 4.69) is 5.32 Å². The highest BCUT2D eigenvalue weighted by molar-refractivity contribution is 6.18. The number of benzene rings is 1. The van der Waals surface area contributed by atoms with Crippen molar-refractivity contribution in [3.63, 3.8) is 0 Å². The molecule has 0 saturated heterocycles. The van der Waals surface area contributed by atoms with Gasteiger partial charge in [0.25, 0.3) is 0 Å². The lowest BCUT2D eigenvalue weighted by atomic mass is 9.94. The van der Waals surface area contributed by atoms with Gasteiger partial charge < -0.3 is 14.8 Å². The predicted octanol–water partition coefficient (Wildman–Crippen LogP) is 2.47. The van der Waals surface area contributed by atoms with Gasteiger partial charge in [0.2, 0.25) is 0 Å².